The smallest absolute Gasteiger partial charge is 0.213 e. The third-order valence-corrected chi connectivity index (χ3v) is 2.26. The molecule has 0 bridgehead atoms. The Bertz CT molecular complexity index is 547. The Labute approximate surface area is 93.4 Å². The molecule has 80 valence electrons. The number of carbonyl (C=O) groups excluding carboxylic acids is 1. The molecular weight excluding hydrogens is 202 g/mol. The van der Waals surface area contributed by atoms with E-state index in [-0.39, 0.29) is 0 Å². The summed E-state index contributed by atoms with van der Waals surface area (Å²) in [6, 6.07) is 9.55. The number of carbonyl (C=O) groups is 1. The summed E-state index contributed by atoms with van der Waals surface area (Å²) in [4.78, 5) is 14.5. The predicted octanol–water partition coefficient (Wildman–Crippen LogP) is 2.46. The Morgan fingerprint density at radius 2 is 2.12 bits per heavy atom. The zero-order valence-corrected chi connectivity index (χ0v) is 8.88. The molecule has 0 radical (unpaired) electrons. The van der Waals surface area contributed by atoms with Gasteiger partial charge in [0.05, 0.1) is 12.6 Å². The van der Waals surface area contributed by atoms with Crippen molar-refractivity contribution in [1.29, 1.82) is 0 Å². The fourth-order valence-electron chi connectivity index (χ4n) is 1.49. The number of benzene rings is 1. The Hall–Kier alpha value is -2.16. The Balaban J connectivity index is 2.47. The third-order valence-electron chi connectivity index (χ3n) is 2.26. The molecule has 0 aliphatic carbocycles. The monoisotopic (exact) mass is 213 g/mol. The van der Waals surface area contributed by atoms with E-state index in [1.807, 2.05) is 30.3 Å². The number of rotatable bonds is 3. The summed E-state index contributed by atoms with van der Waals surface area (Å²) in [5.74, 6) is 0.601. The fourth-order valence-corrected chi connectivity index (χ4v) is 1.49. The maximum Gasteiger partial charge on any atom is 0.213 e. The summed E-state index contributed by atoms with van der Waals surface area (Å²) in [7, 11) is 1.59. The minimum atomic E-state index is 0.601. The molecule has 0 fully saturated rings. The summed E-state index contributed by atoms with van der Waals surface area (Å²) in [5.41, 5.74) is 1.86. The molecule has 1 heterocycles. The van der Waals surface area contributed by atoms with Crippen molar-refractivity contribution in [2.24, 2.45) is 0 Å². The highest BCUT2D eigenvalue weighted by atomic mass is 16.5. The van der Waals surface area contributed by atoms with Crippen LogP contribution in [0.3, 0.4) is 0 Å². The maximum atomic E-state index is 10.2. The van der Waals surface area contributed by atoms with Crippen LogP contribution in [0.2, 0.25) is 0 Å². The lowest BCUT2D eigenvalue weighted by molar-refractivity contribution is -0.104. The molecule has 0 atom stereocenters. The third kappa shape index (κ3) is 2.08. The van der Waals surface area contributed by atoms with Gasteiger partial charge in [-0.05, 0) is 29.8 Å². The van der Waals surface area contributed by atoms with Gasteiger partial charge in [0.2, 0.25) is 5.88 Å². The highest BCUT2D eigenvalue weighted by Gasteiger charge is 1.98. The van der Waals surface area contributed by atoms with Gasteiger partial charge < -0.3 is 4.74 Å². The normalized spacial score (nSPS) is 10.8. The maximum absolute atomic E-state index is 10.2. The second-order valence-electron chi connectivity index (χ2n) is 3.30. The van der Waals surface area contributed by atoms with Gasteiger partial charge in [0, 0.05) is 11.5 Å². The topological polar surface area (TPSA) is 39.2 Å². The number of pyridine rings is 1. The average Bonchev–Trinajstić information content (AvgIpc) is 2.35. The summed E-state index contributed by atoms with van der Waals surface area (Å²) in [6.45, 7) is 0. The van der Waals surface area contributed by atoms with Gasteiger partial charge in [0.25, 0.3) is 0 Å². The molecule has 0 saturated carbocycles. The number of nitrogens with zero attached hydrogens (tertiary/aromatic N) is 1. The standard InChI is InChI=1S/C13H11NO2/c1-16-13-7-5-11-9-10(3-2-8-15)4-6-12(11)14-13/h2-9H,1H3. The first-order valence-electron chi connectivity index (χ1n) is 4.90. The van der Waals surface area contributed by atoms with Crippen LogP contribution in [-0.4, -0.2) is 18.4 Å². The number of methoxy groups -OCH3 is 1. The van der Waals surface area contributed by atoms with Crippen LogP contribution >= 0.6 is 0 Å². The molecule has 1 aromatic heterocycles. The Morgan fingerprint density at radius 3 is 2.88 bits per heavy atom. The molecule has 1 aromatic carbocycles. The zero-order valence-electron chi connectivity index (χ0n) is 8.88. The van der Waals surface area contributed by atoms with Crippen LogP contribution < -0.4 is 4.74 Å². The summed E-state index contributed by atoms with van der Waals surface area (Å²) < 4.78 is 5.05. The molecule has 0 aliphatic heterocycles. The quantitative estimate of drug-likeness (QED) is 0.580. The fraction of sp³-hybridized carbons (Fsp3) is 0.0769. The number of hydrogen-bond acceptors (Lipinski definition) is 3. The molecule has 0 aliphatic rings. The number of allylic oxidation sites excluding steroid dienone is 1. The molecule has 3 nitrogen and oxygen atoms in total. The number of aldehydes is 1. The van der Waals surface area contributed by atoms with E-state index in [1.165, 1.54) is 6.08 Å². The minimum absolute atomic E-state index is 0.601. The number of aromatic nitrogens is 1. The highest BCUT2D eigenvalue weighted by Crippen LogP contribution is 2.18. The van der Waals surface area contributed by atoms with Gasteiger partial charge >= 0.3 is 0 Å². The van der Waals surface area contributed by atoms with Crippen molar-refractivity contribution >= 4 is 23.3 Å². The van der Waals surface area contributed by atoms with E-state index in [4.69, 9.17) is 4.74 Å². The van der Waals surface area contributed by atoms with Crippen molar-refractivity contribution < 1.29 is 9.53 Å². The van der Waals surface area contributed by atoms with Crippen molar-refractivity contribution in [2.75, 3.05) is 7.11 Å². The SMILES string of the molecule is COc1ccc2cc(C=CC=O)ccc2n1. The lowest BCUT2D eigenvalue weighted by atomic mass is 10.1. The summed E-state index contributed by atoms with van der Waals surface area (Å²) >= 11 is 0. The van der Waals surface area contributed by atoms with E-state index < -0.39 is 0 Å². The van der Waals surface area contributed by atoms with Gasteiger partial charge in [-0.3, -0.25) is 4.79 Å². The molecule has 0 saturated heterocycles. The van der Waals surface area contributed by atoms with Crippen LogP contribution in [0.1, 0.15) is 5.56 Å². The zero-order chi connectivity index (χ0) is 11.4. The van der Waals surface area contributed by atoms with Gasteiger partial charge in [-0.25, -0.2) is 4.98 Å². The van der Waals surface area contributed by atoms with Gasteiger partial charge in [0.15, 0.2) is 0 Å². The van der Waals surface area contributed by atoms with Crippen LogP contribution in [0.4, 0.5) is 0 Å². The molecule has 0 unspecified atom stereocenters. The van der Waals surface area contributed by atoms with Gasteiger partial charge in [-0.1, -0.05) is 12.1 Å². The number of ether oxygens (including phenoxy) is 1. The first-order chi connectivity index (χ1) is 7.83. The van der Waals surface area contributed by atoms with Gasteiger partial charge in [-0.2, -0.15) is 0 Å². The average molecular weight is 213 g/mol. The largest absolute Gasteiger partial charge is 0.481 e. The molecule has 2 rings (SSSR count). The van der Waals surface area contributed by atoms with Crippen LogP contribution in [0.25, 0.3) is 17.0 Å². The first-order valence-corrected chi connectivity index (χ1v) is 4.90. The Morgan fingerprint density at radius 1 is 1.25 bits per heavy atom. The molecule has 2 aromatic rings. The highest BCUT2D eigenvalue weighted by molar-refractivity contribution is 5.83. The van der Waals surface area contributed by atoms with Crippen LogP contribution in [0.5, 0.6) is 5.88 Å². The summed E-state index contributed by atoms with van der Waals surface area (Å²) in [5, 5.41) is 1.02. The number of hydrogen-bond donors (Lipinski definition) is 0. The molecular formula is C13H11NO2. The van der Waals surface area contributed by atoms with E-state index in [2.05, 4.69) is 4.98 Å². The summed E-state index contributed by atoms with van der Waals surface area (Å²) in [6.07, 6.45) is 3.99. The van der Waals surface area contributed by atoms with E-state index in [0.29, 0.717) is 5.88 Å². The van der Waals surface area contributed by atoms with Crippen molar-refractivity contribution in [3.8, 4) is 5.88 Å². The molecule has 16 heavy (non-hydrogen) atoms. The minimum Gasteiger partial charge on any atom is -0.481 e. The van der Waals surface area contributed by atoms with Gasteiger partial charge in [0.1, 0.15) is 6.29 Å². The van der Waals surface area contributed by atoms with E-state index in [9.17, 15) is 4.79 Å². The van der Waals surface area contributed by atoms with Crippen molar-refractivity contribution in [2.45, 2.75) is 0 Å². The second kappa shape index (κ2) is 4.57. The lowest BCUT2D eigenvalue weighted by Gasteiger charge is -2.02. The van der Waals surface area contributed by atoms with E-state index in [0.717, 1.165) is 22.8 Å². The predicted molar refractivity (Wildman–Crippen MR) is 63.4 cm³/mol. The van der Waals surface area contributed by atoms with Crippen molar-refractivity contribution in [3.05, 3.63) is 42.0 Å². The van der Waals surface area contributed by atoms with Gasteiger partial charge in [-0.15, -0.1) is 0 Å². The van der Waals surface area contributed by atoms with Crippen molar-refractivity contribution in [1.82, 2.24) is 4.98 Å². The first kappa shape index (κ1) is 10.4. The van der Waals surface area contributed by atoms with Crippen molar-refractivity contribution in [3.63, 3.8) is 0 Å². The lowest BCUT2D eigenvalue weighted by Crippen LogP contribution is -1.87. The van der Waals surface area contributed by atoms with Crippen LogP contribution in [0.15, 0.2) is 36.4 Å². The van der Waals surface area contributed by atoms with Crippen LogP contribution in [-0.2, 0) is 4.79 Å². The van der Waals surface area contributed by atoms with E-state index >= 15 is 0 Å². The molecule has 0 amide bonds. The number of fused-ring (bicyclic) bond motifs is 1. The second-order valence-corrected chi connectivity index (χ2v) is 3.30. The van der Waals surface area contributed by atoms with Crippen LogP contribution in [0, 0.1) is 0 Å². The molecule has 0 N–H and O–H groups in total. The van der Waals surface area contributed by atoms with E-state index in [1.54, 1.807) is 13.2 Å². The Kier molecular flexibility index (Phi) is 2.96. The molecule has 3 heteroatoms. The molecule has 0 spiro atoms.